The number of hydrogen-bond donors (Lipinski definition) is 1. The van der Waals surface area contributed by atoms with Gasteiger partial charge >= 0.3 is 6.18 Å². The molecule has 136 valence electrons. The lowest BCUT2D eigenvalue weighted by Gasteiger charge is -2.14. The van der Waals surface area contributed by atoms with Crippen molar-refractivity contribution in [1.82, 2.24) is 9.71 Å². The Kier molecular flexibility index (Phi) is 5.12. The number of halogens is 3. The molecule has 0 fully saturated rings. The van der Waals surface area contributed by atoms with Crippen molar-refractivity contribution in [3.05, 3.63) is 70.5 Å². The van der Waals surface area contributed by atoms with E-state index in [2.05, 4.69) is 9.71 Å². The first kappa shape index (κ1) is 18.6. The Bertz CT molecular complexity index is 1000. The van der Waals surface area contributed by atoms with Crippen molar-refractivity contribution >= 4 is 21.4 Å². The van der Waals surface area contributed by atoms with Crippen molar-refractivity contribution in [3.63, 3.8) is 0 Å². The monoisotopic (exact) mass is 398 g/mol. The molecule has 4 nitrogen and oxygen atoms in total. The van der Waals surface area contributed by atoms with Crippen molar-refractivity contribution in [2.45, 2.75) is 17.6 Å². The van der Waals surface area contributed by atoms with E-state index in [1.165, 1.54) is 23.6 Å². The molecule has 0 radical (unpaired) electrons. The van der Waals surface area contributed by atoms with Crippen LogP contribution in [-0.2, 0) is 22.7 Å². The maximum absolute atomic E-state index is 13.1. The van der Waals surface area contributed by atoms with Crippen molar-refractivity contribution < 1.29 is 21.6 Å². The summed E-state index contributed by atoms with van der Waals surface area (Å²) in [6, 6.07) is 9.27. The number of aromatic nitrogens is 1. The first-order valence-corrected chi connectivity index (χ1v) is 9.83. The first-order chi connectivity index (χ1) is 12.3. The molecule has 26 heavy (non-hydrogen) atoms. The summed E-state index contributed by atoms with van der Waals surface area (Å²) in [5, 5.41) is 3.79. The Labute approximate surface area is 152 Å². The molecular weight excluding hydrogens is 385 g/mol. The van der Waals surface area contributed by atoms with Crippen LogP contribution in [0, 0.1) is 0 Å². The minimum absolute atomic E-state index is 0.145. The van der Waals surface area contributed by atoms with E-state index in [1.807, 2.05) is 16.8 Å². The Balaban J connectivity index is 1.83. The molecule has 0 bridgehead atoms. The van der Waals surface area contributed by atoms with Crippen LogP contribution in [0.3, 0.4) is 0 Å². The van der Waals surface area contributed by atoms with Gasteiger partial charge in [-0.2, -0.15) is 24.5 Å². The summed E-state index contributed by atoms with van der Waals surface area (Å²) < 4.78 is 66.1. The molecule has 1 N–H and O–H groups in total. The molecule has 0 aliphatic rings. The standard InChI is InChI=1S/C17H13F3N2O2S2/c18-17(19,20)14-3-1-2-4-16(14)26(23,24)22-10-12-5-7-21-15(9-12)13-6-8-25-11-13/h1-9,11,22H,10H2. The number of nitrogens with one attached hydrogen (secondary N) is 1. The maximum Gasteiger partial charge on any atom is 0.417 e. The highest BCUT2D eigenvalue weighted by Crippen LogP contribution is 2.33. The van der Waals surface area contributed by atoms with E-state index in [4.69, 9.17) is 0 Å². The summed E-state index contributed by atoms with van der Waals surface area (Å²) in [6.07, 6.45) is -3.23. The van der Waals surface area contributed by atoms with Crippen LogP contribution >= 0.6 is 11.3 Å². The Hall–Kier alpha value is -2.23. The number of nitrogens with zero attached hydrogens (tertiary/aromatic N) is 1. The van der Waals surface area contributed by atoms with Crippen LogP contribution in [0.4, 0.5) is 13.2 Å². The normalized spacial score (nSPS) is 12.3. The highest BCUT2D eigenvalue weighted by molar-refractivity contribution is 7.89. The second-order valence-electron chi connectivity index (χ2n) is 5.38. The SMILES string of the molecule is O=S(=O)(NCc1ccnc(-c2ccsc2)c1)c1ccccc1C(F)(F)F. The van der Waals surface area contributed by atoms with E-state index in [0.29, 0.717) is 11.3 Å². The van der Waals surface area contributed by atoms with Crippen molar-refractivity contribution in [3.8, 4) is 11.3 Å². The summed E-state index contributed by atoms with van der Waals surface area (Å²) in [6.45, 7) is -0.145. The lowest BCUT2D eigenvalue weighted by atomic mass is 10.1. The quantitative estimate of drug-likeness (QED) is 0.697. The van der Waals surface area contributed by atoms with Gasteiger partial charge in [-0.15, -0.1) is 0 Å². The van der Waals surface area contributed by atoms with E-state index in [1.54, 1.807) is 12.1 Å². The minimum Gasteiger partial charge on any atom is -0.256 e. The van der Waals surface area contributed by atoms with Gasteiger partial charge in [-0.05, 0) is 41.3 Å². The third-order valence-electron chi connectivity index (χ3n) is 3.59. The average molecular weight is 398 g/mol. The molecule has 2 aromatic heterocycles. The molecule has 0 spiro atoms. The van der Waals surface area contributed by atoms with Gasteiger partial charge in [0.2, 0.25) is 10.0 Å². The van der Waals surface area contributed by atoms with Gasteiger partial charge < -0.3 is 0 Å². The second kappa shape index (κ2) is 7.18. The molecule has 0 saturated heterocycles. The van der Waals surface area contributed by atoms with Crippen LogP contribution in [0.15, 0.2) is 64.3 Å². The number of alkyl halides is 3. The van der Waals surface area contributed by atoms with Gasteiger partial charge in [-0.25, -0.2) is 13.1 Å². The fourth-order valence-electron chi connectivity index (χ4n) is 2.34. The predicted molar refractivity (Wildman–Crippen MR) is 93.0 cm³/mol. The zero-order chi connectivity index (χ0) is 18.8. The summed E-state index contributed by atoms with van der Waals surface area (Å²) in [5.41, 5.74) is 0.955. The smallest absolute Gasteiger partial charge is 0.256 e. The number of hydrogen-bond acceptors (Lipinski definition) is 4. The lowest BCUT2D eigenvalue weighted by Crippen LogP contribution is -2.26. The Morgan fingerprint density at radius 1 is 1.12 bits per heavy atom. The number of thiophene rings is 1. The first-order valence-electron chi connectivity index (χ1n) is 7.41. The average Bonchev–Trinajstić information content (AvgIpc) is 3.14. The van der Waals surface area contributed by atoms with Crippen LogP contribution in [0.5, 0.6) is 0 Å². The molecule has 0 aliphatic carbocycles. The summed E-state index contributed by atoms with van der Waals surface area (Å²) in [5.74, 6) is 0. The van der Waals surface area contributed by atoms with E-state index in [9.17, 15) is 21.6 Å². The molecule has 0 amide bonds. The number of rotatable bonds is 5. The highest BCUT2D eigenvalue weighted by Gasteiger charge is 2.36. The van der Waals surface area contributed by atoms with E-state index < -0.39 is 26.7 Å². The third-order valence-corrected chi connectivity index (χ3v) is 5.73. The number of pyridine rings is 1. The van der Waals surface area contributed by atoms with Crippen molar-refractivity contribution in [2.24, 2.45) is 0 Å². The summed E-state index contributed by atoms with van der Waals surface area (Å²) >= 11 is 1.50. The van der Waals surface area contributed by atoms with Gasteiger partial charge in [0.15, 0.2) is 0 Å². The molecule has 0 unspecified atom stereocenters. The molecule has 0 aliphatic heterocycles. The number of sulfonamides is 1. The molecule has 3 rings (SSSR count). The second-order valence-corrected chi connectivity index (χ2v) is 7.90. The van der Waals surface area contributed by atoms with E-state index >= 15 is 0 Å². The molecule has 0 saturated carbocycles. The lowest BCUT2D eigenvalue weighted by molar-refractivity contribution is -0.139. The van der Waals surface area contributed by atoms with Gasteiger partial charge in [-0.3, -0.25) is 4.98 Å². The topological polar surface area (TPSA) is 59.1 Å². The highest BCUT2D eigenvalue weighted by atomic mass is 32.2. The van der Waals surface area contributed by atoms with Crippen LogP contribution in [0.25, 0.3) is 11.3 Å². The van der Waals surface area contributed by atoms with Crippen molar-refractivity contribution in [1.29, 1.82) is 0 Å². The zero-order valence-corrected chi connectivity index (χ0v) is 14.8. The molecule has 1 aromatic carbocycles. The predicted octanol–water partition coefficient (Wildman–Crippen LogP) is 4.31. The number of benzene rings is 1. The fourth-order valence-corrected chi connectivity index (χ4v) is 4.24. The van der Waals surface area contributed by atoms with Gasteiger partial charge in [0, 0.05) is 23.7 Å². The van der Waals surface area contributed by atoms with Gasteiger partial charge in [0.1, 0.15) is 0 Å². The fraction of sp³-hybridized carbons (Fsp3) is 0.118. The summed E-state index contributed by atoms with van der Waals surface area (Å²) in [7, 11) is -4.33. The van der Waals surface area contributed by atoms with Gasteiger partial charge in [-0.1, -0.05) is 12.1 Å². The Morgan fingerprint density at radius 3 is 2.58 bits per heavy atom. The van der Waals surface area contributed by atoms with E-state index in [-0.39, 0.29) is 6.54 Å². The largest absolute Gasteiger partial charge is 0.417 e. The minimum atomic E-state index is -4.76. The van der Waals surface area contributed by atoms with Crippen molar-refractivity contribution in [2.75, 3.05) is 0 Å². The van der Waals surface area contributed by atoms with Crippen LogP contribution in [0.1, 0.15) is 11.1 Å². The third kappa shape index (κ3) is 4.12. The molecule has 3 aromatic rings. The maximum atomic E-state index is 13.1. The Morgan fingerprint density at radius 2 is 1.88 bits per heavy atom. The molecule has 2 heterocycles. The molecule has 0 atom stereocenters. The van der Waals surface area contributed by atoms with Crippen LogP contribution in [-0.4, -0.2) is 13.4 Å². The molecule has 9 heteroatoms. The van der Waals surface area contributed by atoms with Crippen LogP contribution in [0.2, 0.25) is 0 Å². The van der Waals surface area contributed by atoms with Crippen LogP contribution < -0.4 is 4.72 Å². The summed E-state index contributed by atoms with van der Waals surface area (Å²) in [4.78, 5) is 3.42. The molecular formula is C17H13F3N2O2S2. The van der Waals surface area contributed by atoms with E-state index in [0.717, 1.165) is 23.8 Å². The van der Waals surface area contributed by atoms with Gasteiger partial charge in [0.05, 0.1) is 16.2 Å². The van der Waals surface area contributed by atoms with Gasteiger partial charge in [0.25, 0.3) is 0 Å². The zero-order valence-electron chi connectivity index (χ0n) is 13.2.